The third-order valence-corrected chi connectivity index (χ3v) is 5.49. The zero-order chi connectivity index (χ0) is 19.7. The number of rotatable bonds is 5. The molecule has 0 N–H and O–H groups in total. The molecule has 28 heavy (non-hydrogen) atoms. The molecule has 4 rings (SSSR count). The van der Waals surface area contributed by atoms with Gasteiger partial charge in [-0.3, -0.25) is 14.4 Å². The van der Waals surface area contributed by atoms with E-state index < -0.39 is 0 Å². The summed E-state index contributed by atoms with van der Waals surface area (Å²) in [5.41, 5.74) is 2.18. The summed E-state index contributed by atoms with van der Waals surface area (Å²) in [7, 11) is 3.25. The minimum absolute atomic E-state index is 0.223. The first-order valence-corrected chi connectivity index (χ1v) is 9.74. The molecule has 0 radical (unpaired) electrons. The highest BCUT2D eigenvalue weighted by molar-refractivity contribution is 7.22. The number of aryl methyl sites for hydroxylation is 1. The van der Waals surface area contributed by atoms with E-state index in [0.29, 0.717) is 22.3 Å². The molecule has 2 aromatic carbocycles. The summed E-state index contributed by atoms with van der Waals surface area (Å²) in [6, 6.07) is 15.3. The van der Waals surface area contributed by atoms with Gasteiger partial charge in [0.15, 0.2) is 5.13 Å². The summed E-state index contributed by atoms with van der Waals surface area (Å²) in [4.78, 5) is 19.7. The Morgan fingerprint density at radius 1 is 1.25 bits per heavy atom. The molecule has 2 aromatic heterocycles. The SMILES string of the molecule is COc1nn(C)cc1C(=O)N(Cc1ccccc1)c1nc2ccc(Cl)cc2s1. The molecule has 1 amide bonds. The molecule has 4 aromatic rings. The number of benzene rings is 2. The monoisotopic (exact) mass is 412 g/mol. The van der Waals surface area contributed by atoms with Crippen molar-refractivity contribution in [2.75, 3.05) is 12.0 Å². The van der Waals surface area contributed by atoms with Crippen LogP contribution in [-0.2, 0) is 13.6 Å². The van der Waals surface area contributed by atoms with Crippen molar-refractivity contribution in [3.05, 3.63) is 70.9 Å². The van der Waals surface area contributed by atoms with E-state index in [0.717, 1.165) is 15.8 Å². The molecule has 0 spiro atoms. The summed E-state index contributed by atoms with van der Waals surface area (Å²) in [6.45, 7) is 0.380. The second kappa shape index (κ2) is 7.61. The van der Waals surface area contributed by atoms with E-state index in [-0.39, 0.29) is 11.8 Å². The normalized spacial score (nSPS) is 11.0. The van der Waals surface area contributed by atoms with Crippen LogP contribution in [0.25, 0.3) is 10.2 Å². The summed E-state index contributed by atoms with van der Waals surface area (Å²) >= 11 is 7.53. The topological polar surface area (TPSA) is 60.3 Å². The van der Waals surface area contributed by atoms with Crippen molar-refractivity contribution in [1.82, 2.24) is 14.8 Å². The minimum atomic E-state index is -0.223. The van der Waals surface area contributed by atoms with Crippen LogP contribution in [0.3, 0.4) is 0 Å². The van der Waals surface area contributed by atoms with Gasteiger partial charge in [-0.15, -0.1) is 5.10 Å². The molecule has 0 aliphatic carbocycles. The second-order valence-electron chi connectivity index (χ2n) is 6.21. The Kier molecular flexibility index (Phi) is 5.02. The van der Waals surface area contributed by atoms with Crippen LogP contribution < -0.4 is 9.64 Å². The van der Waals surface area contributed by atoms with Crippen LogP contribution in [0.1, 0.15) is 15.9 Å². The number of halogens is 1. The second-order valence-corrected chi connectivity index (χ2v) is 7.66. The Hall–Kier alpha value is -2.90. The van der Waals surface area contributed by atoms with E-state index in [1.807, 2.05) is 42.5 Å². The molecule has 2 heterocycles. The van der Waals surface area contributed by atoms with Gasteiger partial charge >= 0.3 is 0 Å². The fraction of sp³-hybridized carbons (Fsp3) is 0.150. The van der Waals surface area contributed by atoms with Crippen LogP contribution in [-0.4, -0.2) is 27.8 Å². The number of amides is 1. The van der Waals surface area contributed by atoms with Gasteiger partial charge in [0.1, 0.15) is 5.56 Å². The number of methoxy groups -OCH3 is 1. The summed E-state index contributed by atoms with van der Waals surface area (Å²) < 4.78 is 7.77. The lowest BCUT2D eigenvalue weighted by Crippen LogP contribution is -2.30. The number of hydrogen-bond donors (Lipinski definition) is 0. The standard InChI is InChI=1S/C20H17ClN4O2S/c1-24-12-15(18(23-24)27-2)19(26)25(11-13-6-4-3-5-7-13)20-22-16-9-8-14(21)10-17(16)28-20/h3-10,12H,11H2,1-2H3. The van der Waals surface area contributed by atoms with Gasteiger partial charge in [-0.2, -0.15) is 0 Å². The number of carbonyl (C=O) groups is 1. The average molecular weight is 413 g/mol. The summed E-state index contributed by atoms with van der Waals surface area (Å²) in [6.07, 6.45) is 1.66. The fourth-order valence-corrected chi connectivity index (χ4v) is 4.14. The summed E-state index contributed by atoms with van der Waals surface area (Å²) in [5.74, 6) is 0.0636. The lowest BCUT2D eigenvalue weighted by Gasteiger charge is -2.19. The predicted molar refractivity (Wildman–Crippen MR) is 111 cm³/mol. The van der Waals surface area contributed by atoms with E-state index in [2.05, 4.69) is 10.1 Å². The number of hydrogen-bond acceptors (Lipinski definition) is 5. The van der Waals surface area contributed by atoms with Gasteiger partial charge in [-0.25, -0.2) is 4.98 Å². The molecule has 0 aliphatic rings. The van der Waals surface area contributed by atoms with Crippen LogP contribution in [0, 0.1) is 0 Å². The molecule has 142 valence electrons. The van der Waals surface area contributed by atoms with Crippen molar-refractivity contribution >= 4 is 44.2 Å². The van der Waals surface area contributed by atoms with Crippen molar-refractivity contribution in [3.8, 4) is 5.88 Å². The zero-order valence-electron chi connectivity index (χ0n) is 15.3. The first-order valence-electron chi connectivity index (χ1n) is 8.54. The van der Waals surface area contributed by atoms with Crippen molar-refractivity contribution in [2.45, 2.75) is 6.54 Å². The molecule has 0 bridgehead atoms. The maximum atomic E-state index is 13.4. The maximum absolute atomic E-state index is 13.4. The molecular weight excluding hydrogens is 396 g/mol. The highest BCUT2D eigenvalue weighted by atomic mass is 35.5. The van der Waals surface area contributed by atoms with Gasteiger partial charge in [0.25, 0.3) is 5.91 Å². The Morgan fingerprint density at radius 3 is 2.79 bits per heavy atom. The molecule has 0 atom stereocenters. The molecule has 8 heteroatoms. The van der Waals surface area contributed by atoms with Crippen molar-refractivity contribution < 1.29 is 9.53 Å². The van der Waals surface area contributed by atoms with E-state index in [1.54, 1.807) is 28.9 Å². The lowest BCUT2D eigenvalue weighted by molar-refractivity contribution is 0.0982. The van der Waals surface area contributed by atoms with Gasteiger partial charge in [0, 0.05) is 18.3 Å². The molecular formula is C20H17ClN4O2S. The van der Waals surface area contributed by atoms with Crippen LogP contribution in [0.2, 0.25) is 5.02 Å². The first-order chi connectivity index (χ1) is 13.5. The smallest absolute Gasteiger partial charge is 0.267 e. The van der Waals surface area contributed by atoms with Crippen molar-refractivity contribution in [3.63, 3.8) is 0 Å². The average Bonchev–Trinajstić information content (AvgIpc) is 3.29. The Bertz CT molecular complexity index is 1140. The van der Waals surface area contributed by atoms with Gasteiger partial charge in [0.05, 0.1) is 23.9 Å². The molecule has 0 unspecified atom stereocenters. The number of fused-ring (bicyclic) bond motifs is 1. The zero-order valence-corrected chi connectivity index (χ0v) is 16.9. The number of thiazole rings is 1. The van der Waals surface area contributed by atoms with Gasteiger partial charge in [0.2, 0.25) is 5.88 Å². The van der Waals surface area contributed by atoms with Crippen molar-refractivity contribution in [1.29, 1.82) is 0 Å². The maximum Gasteiger partial charge on any atom is 0.267 e. The van der Waals surface area contributed by atoms with Gasteiger partial charge in [-0.1, -0.05) is 53.3 Å². The van der Waals surface area contributed by atoms with Crippen molar-refractivity contribution in [2.24, 2.45) is 7.05 Å². The minimum Gasteiger partial charge on any atom is -0.479 e. The highest BCUT2D eigenvalue weighted by Crippen LogP contribution is 2.33. The number of carbonyl (C=O) groups excluding carboxylic acids is 1. The number of aromatic nitrogens is 3. The molecule has 0 fully saturated rings. The molecule has 6 nitrogen and oxygen atoms in total. The van der Waals surface area contributed by atoms with Crippen LogP contribution in [0.5, 0.6) is 5.88 Å². The Balaban J connectivity index is 1.79. The van der Waals surface area contributed by atoms with Crippen LogP contribution in [0.15, 0.2) is 54.7 Å². The number of nitrogens with zero attached hydrogens (tertiary/aromatic N) is 4. The molecule has 0 saturated carbocycles. The third-order valence-electron chi connectivity index (χ3n) is 4.22. The number of ether oxygens (including phenoxy) is 1. The van der Waals surface area contributed by atoms with Gasteiger partial charge in [-0.05, 0) is 23.8 Å². The van der Waals surface area contributed by atoms with E-state index in [9.17, 15) is 4.79 Å². The number of anilines is 1. The van der Waals surface area contributed by atoms with Crippen LogP contribution >= 0.6 is 22.9 Å². The van der Waals surface area contributed by atoms with E-state index in [4.69, 9.17) is 16.3 Å². The van der Waals surface area contributed by atoms with E-state index >= 15 is 0 Å². The third kappa shape index (κ3) is 3.58. The largest absolute Gasteiger partial charge is 0.479 e. The predicted octanol–water partition coefficient (Wildman–Crippen LogP) is 4.54. The summed E-state index contributed by atoms with van der Waals surface area (Å²) in [5, 5.41) is 5.43. The highest BCUT2D eigenvalue weighted by Gasteiger charge is 2.26. The van der Waals surface area contributed by atoms with Gasteiger partial charge < -0.3 is 4.74 Å². The molecule has 0 aliphatic heterocycles. The van der Waals surface area contributed by atoms with E-state index in [1.165, 1.54) is 18.4 Å². The first kappa shape index (κ1) is 18.5. The Labute approximate surface area is 170 Å². The molecule has 0 saturated heterocycles. The fourth-order valence-electron chi connectivity index (χ4n) is 2.90. The lowest BCUT2D eigenvalue weighted by atomic mass is 10.2. The Morgan fingerprint density at radius 2 is 2.04 bits per heavy atom. The quantitative estimate of drug-likeness (QED) is 0.483. The van der Waals surface area contributed by atoms with Crippen LogP contribution in [0.4, 0.5) is 5.13 Å².